The van der Waals surface area contributed by atoms with Crippen LogP contribution in [0.5, 0.6) is 0 Å². The summed E-state index contributed by atoms with van der Waals surface area (Å²) in [5, 5.41) is 3.13. The van der Waals surface area contributed by atoms with Crippen LogP contribution in [0.3, 0.4) is 0 Å². The summed E-state index contributed by atoms with van der Waals surface area (Å²) in [6.45, 7) is 5.63. The fourth-order valence-corrected chi connectivity index (χ4v) is 2.36. The molecule has 0 aliphatic carbocycles. The number of primary amides is 1. The van der Waals surface area contributed by atoms with E-state index in [9.17, 15) is 9.18 Å². The molecular formula is C17H19FN2O. The summed E-state index contributed by atoms with van der Waals surface area (Å²) in [7, 11) is 0. The highest BCUT2D eigenvalue weighted by Crippen LogP contribution is 2.29. The number of nitrogens with two attached hydrogens (primary N) is 1. The predicted octanol–water partition coefficient (Wildman–Crippen LogP) is 3.26. The average molecular weight is 286 g/mol. The van der Waals surface area contributed by atoms with E-state index in [2.05, 4.69) is 5.32 Å². The second-order valence-corrected chi connectivity index (χ2v) is 5.44. The van der Waals surface area contributed by atoms with Gasteiger partial charge in [-0.3, -0.25) is 4.79 Å². The number of hydrogen-bond acceptors (Lipinski definition) is 2. The molecule has 1 unspecified atom stereocenters. The van der Waals surface area contributed by atoms with E-state index in [-0.39, 0.29) is 5.82 Å². The van der Waals surface area contributed by atoms with E-state index in [0.717, 1.165) is 16.7 Å². The number of halogens is 1. The van der Waals surface area contributed by atoms with Gasteiger partial charge in [-0.25, -0.2) is 4.39 Å². The number of anilines is 1. The van der Waals surface area contributed by atoms with Crippen LogP contribution in [0.2, 0.25) is 0 Å². The van der Waals surface area contributed by atoms with Crippen LogP contribution < -0.4 is 11.1 Å². The summed E-state index contributed by atoms with van der Waals surface area (Å²) >= 11 is 0. The SMILES string of the molecule is Cc1ccc(C)c(C(C)(Nc2ccc(F)cc2)C(N)=O)c1. The van der Waals surface area contributed by atoms with Crippen LogP contribution in [0.1, 0.15) is 23.6 Å². The summed E-state index contributed by atoms with van der Waals surface area (Å²) < 4.78 is 13.0. The Hall–Kier alpha value is -2.36. The van der Waals surface area contributed by atoms with Crippen LogP contribution in [-0.2, 0) is 10.3 Å². The van der Waals surface area contributed by atoms with Crippen LogP contribution in [0.15, 0.2) is 42.5 Å². The Labute approximate surface area is 124 Å². The number of aryl methyl sites for hydroxylation is 2. The Kier molecular flexibility index (Phi) is 3.98. The molecule has 0 spiro atoms. The lowest BCUT2D eigenvalue weighted by Gasteiger charge is -2.31. The molecule has 3 nitrogen and oxygen atoms in total. The minimum atomic E-state index is -1.06. The number of benzene rings is 2. The maximum absolute atomic E-state index is 13.0. The molecule has 0 aliphatic heterocycles. The van der Waals surface area contributed by atoms with Gasteiger partial charge in [0.15, 0.2) is 0 Å². The van der Waals surface area contributed by atoms with E-state index in [1.807, 2.05) is 32.0 Å². The molecular weight excluding hydrogens is 267 g/mol. The first-order chi connectivity index (χ1) is 9.83. The van der Waals surface area contributed by atoms with E-state index >= 15 is 0 Å². The topological polar surface area (TPSA) is 55.1 Å². The van der Waals surface area contributed by atoms with Gasteiger partial charge in [-0.1, -0.05) is 23.8 Å². The van der Waals surface area contributed by atoms with Crippen molar-refractivity contribution in [1.82, 2.24) is 0 Å². The molecule has 0 saturated heterocycles. The molecule has 21 heavy (non-hydrogen) atoms. The third-order valence-electron chi connectivity index (χ3n) is 3.66. The average Bonchev–Trinajstić information content (AvgIpc) is 2.43. The minimum Gasteiger partial charge on any atom is -0.368 e. The summed E-state index contributed by atoms with van der Waals surface area (Å²) in [4.78, 5) is 12.0. The van der Waals surface area contributed by atoms with Crippen molar-refractivity contribution in [2.45, 2.75) is 26.3 Å². The van der Waals surface area contributed by atoms with Crippen molar-refractivity contribution in [2.75, 3.05) is 5.32 Å². The number of rotatable bonds is 4. The smallest absolute Gasteiger partial charge is 0.247 e. The molecule has 1 amide bonds. The molecule has 2 aromatic rings. The molecule has 0 saturated carbocycles. The van der Waals surface area contributed by atoms with Crippen molar-refractivity contribution in [2.24, 2.45) is 5.73 Å². The molecule has 110 valence electrons. The van der Waals surface area contributed by atoms with Crippen molar-refractivity contribution in [3.8, 4) is 0 Å². The zero-order valence-corrected chi connectivity index (χ0v) is 12.4. The lowest BCUT2D eigenvalue weighted by molar-refractivity contribution is -0.122. The monoisotopic (exact) mass is 286 g/mol. The highest BCUT2D eigenvalue weighted by Gasteiger charge is 2.34. The number of nitrogens with one attached hydrogen (secondary N) is 1. The van der Waals surface area contributed by atoms with Gasteiger partial charge in [-0.15, -0.1) is 0 Å². The van der Waals surface area contributed by atoms with E-state index < -0.39 is 11.4 Å². The van der Waals surface area contributed by atoms with Crippen LogP contribution in [0.25, 0.3) is 0 Å². The van der Waals surface area contributed by atoms with Crippen molar-refractivity contribution >= 4 is 11.6 Å². The lowest BCUT2D eigenvalue weighted by Crippen LogP contribution is -2.45. The third-order valence-corrected chi connectivity index (χ3v) is 3.66. The highest BCUT2D eigenvalue weighted by atomic mass is 19.1. The largest absolute Gasteiger partial charge is 0.368 e. The first-order valence-electron chi connectivity index (χ1n) is 6.74. The maximum atomic E-state index is 13.0. The zero-order valence-electron chi connectivity index (χ0n) is 12.4. The molecule has 0 heterocycles. The molecule has 4 heteroatoms. The molecule has 0 aromatic heterocycles. The Morgan fingerprint density at radius 2 is 1.76 bits per heavy atom. The van der Waals surface area contributed by atoms with Gasteiger partial charge in [0.05, 0.1) is 0 Å². The quantitative estimate of drug-likeness (QED) is 0.906. The van der Waals surface area contributed by atoms with E-state index in [1.54, 1.807) is 19.1 Å². The standard InChI is InChI=1S/C17H19FN2O/c1-11-4-5-12(2)15(10-11)17(3,16(19)21)20-14-8-6-13(18)7-9-14/h4-10,20H,1-3H3,(H2,19,21). The van der Waals surface area contributed by atoms with Gasteiger partial charge in [0.1, 0.15) is 11.4 Å². The molecule has 2 aromatic carbocycles. The van der Waals surface area contributed by atoms with Crippen LogP contribution in [0.4, 0.5) is 10.1 Å². The Balaban J connectivity index is 2.47. The minimum absolute atomic E-state index is 0.326. The lowest BCUT2D eigenvalue weighted by atomic mass is 9.86. The number of hydrogen-bond donors (Lipinski definition) is 2. The first kappa shape index (κ1) is 15.0. The van der Waals surface area contributed by atoms with E-state index in [0.29, 0.717) is 5.69 Å². The van der Waals surface area contributed by atoms with E-state index in [1.165, 1.54) is 12.1 Å². The fraction of sp³-hybridized carbons (Fsp3) is 0.235. The molecule has 0 aliphatic rings. The van der Waals surface area contributed by atoms with Crippen molar-refractivity contribution in [3.05, 3.63) is 65.0 Å². The summed E-state index contributed by atoms with van der Waals surface area (Å²) in [6.07, 6.45) is 0. The number of amides is 1. The Morgan fingerprint density at radius 1 is 1.14 bits per heavy atom. The fourth-order valence-electron chi connectivity index (χ4n) is 2.36. The van der Waals surface area contributed by atoms with E-state index in [4.69, 9.17) is 5.73 Å². The molecule has 0 fully saturated rings. The van der Waals surface area contributed by atoms with Crippen molar-refractivity contribution in [1.29, 1.82) is 0 Å². The molecule has 0 radical (unpaired) electrons. The number of carbonyl (C=O) groups excluding carboxylic acids is 1. The van der Waals surface area contributed by atoms with Gasteiger partial charge < -0.3 is 11.1 Å². The van der Waals surface area contributed by atoms with Crippen LogP contribution >= 0.6 is 0 Å². The highest BCUT2D eigenvalue weighted by molar-refractivity contribution is 5.89. The number of carbonyl (C=O) groups is 1. The van der Waals surface area contributed by atoms with Gasteiger partial charge in [0.2, 0.25) is 5.91 Å². The Morgan fingerprint density at radius 3 is 2.33 bits per heavy atom. The molecule has 3 N–H and O–H groups in total. The normalized spacial score (nSPS) is 13.5. The van der Waals surface area contributed by atoms with Crippen molar-refractivity contribution in [3.63, 3.8) is 0 Å². The second kappa shape index (κ2) is 5.56. The first-order valence-corrected chi connectivity index (χ1v) is 6.74. The molecule has 2 rings (SSSR count). The zero-order chi connectivity index (χ0) is 15.6. The van der Waals surface area contributed by atoms with Crippen LogP contribution in [0, 0.1) is 19.7 Å². The molecule has 0 bridgehead atoms. The van der Waals surface area contributed by atoms with Gasteiger partial charge in [0.25, 0.3) is 0 Å². The van der Waals surface area contributed by atoms with Gasteiger partial charge in [-0.05, 0) is 56.2 Å². The van der Waals surface area contributed by atoms with Gasteiger partial charge in [-0.2, -0.15) is 0 Å². The predicted molar refractivity (Wildman–Crippen MR) is 82.5 cm³/mol. The van der Waals surface area contributed by atoms with Gasteiger partial charge in [0, 0.05) is 5.69 Å². The molecule has 1 atom stereocenters. The second-order valence-electron chi connectivity index (χ2n) is 5.44. The summed E-state index contributed by atoms with van der Waals surface area (Å²) in [5.74, 6) is -0.811. The summed E-state index contributed by atoms with van der Waals surface area (Å²) in [5.41, 5.74) is 8.03. The van der Waals surface area contributed by atoms with Crippen LogP contribution in [-0.4, -0.2) is 5.91 Å². The Bertz CT molecular complexity index is 667. The summed E-state index contributed by atoms with van der Waals surface area (Å²) in [6, 6.07) is 11.7. The van der Waals surface area contributed by atoms with Crippen molar-refractivity contribution < 1.29 is 9.18 Å². The third kappa shape index (κ3) is 3.05. The van der Waals surface area contributed by atoms with Gasteiger partial charge >= 0.3 is 0 Å². The maximum Gasteiger partial charge on any atom is 0.247 e.